The lowest BCUT2D eigenvalue weighted by Gasteiger charge is -2.22. The maximum absolute atomic E-state index is 13.1. The van der Waals surface area contributed by atoms with Gasteiger partial charge in [-0.05, 0) is 43.5 Å². The topological polar surface area (TPSA) is 96.3 Å². The quantitative estimate of drug-likeness (QED) is 0.512. The van der Waals surface area contributed by atoms with Gasteiger partial charge in [0.15, 0.2) is 0 Å². The smallest absolute Gasteiger partial charge is 0.295 e. The van der Waals surface area contributed by atoms with E-state index in [1.54, 1.807) is 29.2 Å². The molecule has 0 radical (unpaired) electrons. The lowest BCUT2D eigenvalue weighted by atomic mass is 10.0. The predicted octanol–water partition coefficient (Wildman–Crippen LogP) is 2.95. The van der Waals surface area contributed by atoms with E-state index in [0.29, 0.717) is 23.4 Å². The molecule has 28 heavy (non-hydrogen) atoms. The fraction of sp³-hybridized carbons (Fsp3) is 0.227. The number of amides is 2. The number of carbonyl (C=O) groups is 3. The molecule has 0 spiro atoms. The van der Waals surface area contributed by atoms with E-state index in [-0.39, 0.29) is 6.04 Å². The van der Waals surface area contributed by atoms with Crippen LogP contribution in [-0.4, -0.2) is 33.5 Å². The minimum Gasteiger partial charge on any atom is -0.366 e. The number of carbonyl (C=O) groups excluding carboxylic acids is 3. The Bertz CT molecular complexity index is 1080. The molecule has 4 rings (SSSR count). The number of rotatable bonds is 6. The molecule has 6 heteroatoms. The van der Waals surface area contributed by atoms with E-state index in [0.717, 1.165) is 29.3 Å². The number of aryl methyl sites for hydroxylation is 1. The molecule has 0 saturated heterocycles. The van der Waals surface area contributed by atoms with Crippen LogP contribution in [0, 0.1) is 6.92 Å². The van der Waals surface area contributed by atoms with Gasteiger partial charge in [-0.15, -0.1) is 0 Å². The van der Waals surface area contributed by atoms with Gasteiger partial charge < -0.3 is 15.6 Å². The molecule has 6 nitrogen and oxygen atoms in total. The second-order valence-electron chi connectivity index (χ2n) is 7.23. The van der Waals surface area contributed by atoms with Crippen molar-refractivity contribution in [2.45, 2.75) is 32.4 Å². The minimum absolute atomic E-state index is 0.0813. The van der Waals surface area contributed by atoms with Crippen molar-refractivity contribution < 1.29 is 14.4 Å². The van der Waals surface area contributed by atoms with Gasteiger partial charge in [-0.25, -0.2) is 0 Å². The van der Waals surface area contributed by atoms with Crippen molar-refractivity contribution in [1.82, 2.24) is 9.88 Å². The summed E-state index contributed by atoms with van der Waals surface area (Å²) in [6.07, 6.45) is 1.79. The number of primary amides is 1. The van der Waals surface area contributed by atoms with Crippen molar-refractivity contribution >= 4 is 28.5 Å². The van der Waals surface area contributed by atoms with Crippen molar-refractivity contribution in [2.75, 3.05) is 0 Å². The van der Waals surface area contributed by atoms with Crippen LogP contribution in [0.5, 0.6) is 0 Å². The summed E-state index contributed by atoms with van der Waals surface area (Å²) in [6.45, 7) is 2.14. The van der Waals surface area contributed by atoms with Gasteiger partial charge in [-0.3, -0.25) is 14.4 Å². The number of aromatic amines is 1. The molecule has 142 valence electrons. The highest BCUT2D eigenvalue weighted by atomic mass is 16.2. The van der Waals surface area contributed by atoms with E-state index in [1.807, 2.05) is 31.2 Å². The first-order valence-corrected chi connectivity index (χ1v) is 9.27. The van der Waals surface area contributed by atoms with Crippen molar-refractivity contribution in [2.24, 2.45) is 5.73 Å². The van der Waals surface area contributed by atoms with Gasteiger partial charge in [0, 0.05) is 34.7 Å². The summed E-state index contributed by atoms with van der Waals surface area (Å²) < 4.78 is 0. The number of nitrogens with zero attached hydrogens (tertiary/aromatic N) is 1. The molecular formula is C22H21N3O3. The van der Waals surface area contributed by atoms with Crippen LogP contribution in [-0.2, 0) is 11.3 Å². The lowest BCUT2D eigenvalue weighted by Crippen LogP contribution is -2.38. The summed E-state index contributed by atoms with van der Waals surface area (Å²) in [7, 11) is 0. The van der Waals surface area contributed by atoms with Crippen molar-refractivity contribution in [3.8, 4) is 0 Å². The molecule has 1 aromatic heterocycles. The number of para-hydroxylation sites is 1. The first-order chi connectivity index (χ1) is 13.5. The number of hydrogen-bond donors (Lipinski definition) is 2. The fourth-order valence-electron chi connectivity index (χ4n) is 3.53. The second-order valence-corrected chi connectivity index (χ2v) is 7.23. The number of nitrogens with one attached hydrogen (secondary N) is 1. The summed E-state index contributed by atoms with van der Waals surface area (Å²) in [6, 6.07) is 14.4. The number of ketones is 1. The summed E-state index contributed by atoms with van der Waals surface area (Å²) in [5, 5.41) is 0.764. The molecule has 0 unspecified atom stereocenters. The van der Waals surface area contributed by atoms with Crippen LogP contribution in [0.4, 0.5) is 0 Å². The van der Waals surface area contributed by atoms with Crippen molar-refractivity contribution in [1.29, 1.82) is 0 Å². The van der Waals surface area contributed by atoms with E-state index >= 15 is 0 Å². The fourth-order valence-corrected chi connectivity index (χ4v) is 3.53. The highest BCUT2D eigenvalue weighted by Crippen LogP contribution is 2.30. The summed E-state index contributed by atoms with van der Waals surface area (Å²) in [5.41, 5.74) is 8.52. The van der Waals surface area contributed by atoms with E-state index in [2.05, 4.69) is 4.98 Å². The van der Waals surface area contributed by atoms with E-state index in [9.17, 15) is 14.4 Å². The molecule has 3 aromatic rings. The molecule has 1 saturated carbocycles. The van der Waals surface area contributed by atoms with Crippen LogP contribution in [0.25, 0.3) is 10.9 Å². The summed E-state index contributed by atoms with van der Waals surface area (Å²) in [5.74, 6) is -1.48. The standard InChI is InChI=1S/C22H21N3O3/c1-13-19(17-4-2-3-5-18(17)24-13)20(26)22(28)25(16-10-11-16)12-14-6-8-15(9-7-14)21(23)27/h2-9,16,24H,10-12H2,1H3,(H2,23,27). The molecular weight excluding hydrogens is 354 g/mol. The van der Waals surface area contributed by atoms with Gasteiger partial charge >= 0.3 is 0 Å². The third-order valence-electron chi connectivity index (χ3n) is 5.15. The zero-order valence-electron chi connectivity index (χ0n) is 15.6. The third-order valence-corrected chi connectivity index (χ3v) is 5.15. The number of aromatic nitrogens is 1. The lowest BCUT2D eigenvalue weighted by molar-refractivity contribution is -0.127. The zero-order chi connectivity index (χ0) is 19.8. The molecule has 3 N–H and O–H groups in total. The zero-order valence-corrected chi connectivity index (χ0v) is 15.6. The largest absolute Gasteiger partial charge is 0.366 e. The molecule has 0 bridgehead atoms. The van der Waals surface area contributed by atoms with Crippen molar-refractivity contribution in [3.63, 3.8) is 0 Å². The Balaban J connectivity index is 1.61. The number of fused-ring (bicyclic) bond motifs is 1. The van der Waals surface area contributed by atoms with Gasteiger partial charge in [0.25, 0.3) is 11.7 Å². The number of H-pyrrole nitrogens is 1. The Morgan fingerprint density at radius 1 is 1.07 bits per heavy atom. The van der Waals surface area contributed by atoms with Crippen LogP contribution in [0.1, 0.15) is 44.8 Å². The van der Waals surface area contributed by atoms with Crippen LogP contribution in [0.3, 0.4) is 0 Å². The molecule has 0 aliphatic heterocycles. The maximum Gasteiger partial charge on any atom is 0.295 e. The average molecular weight is 375 g/mol. The number of benzene rings is 2. The normalized spacial score (nSPS) is 13.5. The molecule has 0 atom stereocenters. The Morgan fingerprint density at radius 2 is 1.75 bits per heavy atom. The van der Waals surface area contributed by atoms with E-state index < -0.39 is 17.6 Å². The van der Waals surface area contributed by atoms with Gasteiger partial charge in [0.05, 0.1) is 5.56 Å². The highest BCUT2D eigenvalue weighted by Gasteiger charge is 2.36. The number of hydrogen-bond acceptors (Lipinski definition) is 3. The third kappa shape index (κ3) is 3.29. The van der Waals surface area contributed by atoms with E-state index in [1.165, 1.54) is 0 Å². The Morgan fingerprint density at radius 3 is 2.39 bits per heavy atom. The molecule has 2 aromatic carbocycles. The van der Waals surface area contributed by atoms with Gasteiger partial charge in [0.2, 0.25) is 5.91 Å². The Kier molecular flexibility index (Phi) is 4.47. The molecule has 1 aliphatic rings. The first-order valence-electron chi connectivity index (χ1n) is 9.27. The molecule has 1 aliphatic carbocycles. The molecule has 1 heterocycles. The van der Waals surface area contributed by atoms with E-state index in [4.69, 9.17) is 5.73 Å². The maximum atomic E-state index is 13.1. The highest BCUT2D eigenvalue weighted by molar-refractivity contribution is 6.45. The monoisotopic (exact) mass is 375 g/mol. The number of Topliss-reactive ketones (excluding diaryl/α,β-unsaturated/α-hetero) is 1. The van der Waals surface area contributed by atoms with Gasteiger partial charge in [-0.1, -0.05) is 30.3 Å². The Hall–Kier alpha value is -3.41. The first kappa shape index (κ1) is 18.0. The Labute approximate surface area is 162 Å². The van der Waals surface area contributed by atoms with Crippen LogP contribution < -0.4 is 5.73 Å². The van der Waals surface area contributed by atoms with Crippen LogP contribution in [0.15, 0.2) is 48.5 Å². The van der Waals surface area contributed by atoms with Crippen LogP contribution >= 0.6 is 0 Å². The second kappa shape index (κ2) is 6.96. The minimum atomic E-state index is -0.494. The summed E-state index contributed by atoms with van der Waals surface area (Å²) >= 11 is 0. The molecule has 1 fully saturated rings. The molecule has 2 amide bonds. The number of nitrogens with two attached hydrogens (primary N) is 1. The van der Waals surface area contributed by atoms with Gasteiger partial charge in [-0.2, -0.15) is 0 Å². The van der Waals surface area contributed by atoms with Gasteiger partial charge in [0.1, 0.15) is 0 Å². The average Bonchev–Trinajstić information content (AvgIpc) is 3.47. The summed E-state index contributed by atoms with van der Waals surface area (Å²) in [4.78, 5) is 42.2. The SMILES string of the molecule is Cc1[nH]c2ccccc2c1C(=O)C(=O)N(Cc1ccc(C(N)=O)cc1)C1CC1. The van der Waals surface area contributed by atoms with Crippen molar-refractivity contribution in [3.05, 3.63) is 70.9 Å². The van der Waals surface area contributed by atoms with Crippen LogP contribution in [0.2, 0.25) is 0 Å². The predicted molar refractivity (Wildman–Crippen MR) is 106 cm³/mol.